The topological polar surface area (TPSA) is 85.1 Å². The van der Waals surface area contributed by atoms with Crippen LogP contribution >= 0.6 is 0 Å². The highest BCUT2D eigenvalue weighted by molar-refractivity contribution is 7.91. The van der Waals surface area contributed by atoms with Crippen molar-refractivity contribution < 1.29 is 12.9 Å². The third-order valence-electron chi connectivity index (χ3n) is 2.67. The first-order valence-electron chi connectivity index (χ1n) is 5.28. The molecule has 6 nitrogen and oxygen atoms in total. The van der Waals surface area contributed by atoms with Crippen molar-refractivity contribution in [3.8, 4) is 0 Å². The SMILES string of the molecule is Cc1noc(CNC2CCS(=O)(=O)CC2)n1. The molecule has 90 valence electrons. The van der Waals surface area contributed by atoms with Crippen molar-refractivity contribution >= 4 is 9.84 Å². The molecule has 0 aromatic carbocycles. The Morgan fingerprint density at radius 3 is 2.69 bits per heavy atom. The first kappa shape index (κ1) is 11.5. The van der Waals surface area contributed by atoms with Crippen LogP contribution < -0.4 is 5.32 Å². The van der Waals surface area contributed by atoms with Crippen molar-refractivity contribution in [2.75, 3.05) is 11.5 Å². The van der Waals surface area contributed by atoms with E-state index in [1.807, 2.05) is 0 Å². The maximum absolute atomic E-state index is 11.2. The number of nitrogens with zero attached hydrogens (tertiary/aromatic N) is 2. The number of sulfone groups is 1. The summed E-state index contributed by atoms with van der Waals surface area (Å²) < 4.78 is 27.4. The second-order valence-electron chi connectivity index (χ2n) is 4.04. The lowest BCUT2D eigenvalue weighted by atomic mass is 10.1. The summed E-state index contributed by atoms with van der Waals surface area (Å²) in [4.78, 5) is 4.07. The van der Waals surface area contributed by atoms with Gasteiger partial charge in [-0.1, -0.05) is 5.16 Å². The van der Waals surface area contributed by atoms with Crippen LogP contribution in [0.2, 0.25) is 0 Å². The zero-order valence-corrected chi connectivity index (χ0v) is 9.96. The van der Waals surface area contributed by atoms with Crippen LogP contribution in [0.15, 0.2) is 4.52 Å². The Bertz CT molecular complexity index is 440. The van der Waals surface area contributed by atoms with Crippen LogP contribution in [0.3, 0.4) is 0 Å². The second-order valence-corrected chi connectivity index (χ2v) is 6.35. The van der Waals surface area contributed by atoms with Crippen LogP contribution in [0.5, 0.6) is 0 Å². The summed E-state index contributed by atoms with van der Waals surface area (Å²) in [5.74, 6) is 1.70. The molecule has 1 saturated heterocycles. The summed E-state index contributed by atoms with van der Waals surface area (Å²) in [6.45, 7) is 2.27. The number of hydrogen-bond acceptors (Lipinski definition) is 6. The molecule has 16 heavy (non-hydrogen) atoms. The molecule has 0 saturated carbocycles. The van der Waals surface area contributed by atoms with Crippen molar-refractivity contribution in [2.45, 2.75) is 32.4 Å². The van der Waals surface area contributed by atoms with Gasteiger partial charge in [0.1, 0.15) is 9.84 Å². The zero-order chi connectivity index (χ0) is 11.6. The van der Waals surface area contributed by atoms with Gasteiger partial charge in [0.2, 0.25) is 5.89 Å². The molecule has 1 aliphatic heterocycles. The standard InChI is InChI=1S/C9H15N3O3S/c1-7-11-9(15-12-7)6-10-8-2-4-16(13,14)5-3-8/h8,10H,2-6H2,1H3. The fourth-order valence-corrected chi connectivity index (χ4v) is 3.23. The summed E-state index contributed by atoms with van der Waals surface area (Å²) in [6.07, 6.45) is 1.32. The summed E-state index contributed by atoms with van der Waals surface area (Å²) in [5, 5.41) is 6.91. The first-order valence-corrected chi connectivity index (χ1v) is 7.10. The predicted octanol–water partition coefficient (Wildman–Crippen LogP) is 0.0448. The molecule has 7 heteroatoms. The van der Waals surface area contributed by atoms with E-state index >= 15 is 0 Å². The van der Waals surface area contributed by atoms with E-state index in [-0.39, 0.29) is 17.5 Å². The van der Waals surface area contributed by atoms with Crippen LogP contribution in [-0.4, -0.2) is 36.1 Å². The third-order valence-corrected chi connectivity index (χ3v) is 4.38. The predicted molar refractivity (Wildman–Crippen MR) is 57.6 cm³/mol. The van der Waals surface area contributed by atoms with Crippen molar-refractivity contribution in [3.63, 3.8) is 0 Å². The molecule has 1 aromatic rings. The van der Waals surface area contributed by atoms with Gasteiger partial charge in [0.25, 0.3) is 0 Å². The van der Waals surface area contributed by atoms with Gasteiger partial charge in [0.05, 0.1) is 18.1 Å². The van der Waals surface area contributed by atoms with E-state index in [0.29, 0.717) is 31.1 Å². The van der Waals surface area contributed by atoms with E-state index in [9.17, 15) is 8.42 Å². The van der Waals surface area contributed by atoms with Gasteiger partial charge in [-0.05, 0) is 19.8 Å². The van der Waals surface area contributed by atoms with Gasteiger partial charge in [-0.25, -0.2) is 8.42 Å². The van der Waals surface area contributed by atoms with Gasteiger partial charge < -0.3 is 9.84 Å². The Hall–Kier alpha value is -0.950. The van der Waals surface area contributed by atoms with E-state index in [4.69, 9.17) is 4.52 Å². The molecule has 2 rings (SSSR count). The van der Waals surface area contributed by atoms with E-state index < -0.39 is 9.84 Å². The Kier molecular flexibility index (Phi) is 3.25. The monoisotopic (exact) mass is 245 g/mol. The summed E-state index contributed by atoms with van der Waals surface area (Å²) in [7, 11) is -2.79. The van der Waals surface area contributed by atoms with E-state index in [1.165, 1.54) is 0 Å². The molecule has 0 unspecified atom stereocenters. The van der Waals surface area contributed by atoms with Gasteiger partial charge >= 0.3 is 0 Å². The van der Waals surface area contributed by atoms with Crippen LogP contribution in [0.4, 0.5) is 0 Å². The van der Waals surface area contributed by atoms with E-state index in [0.717, 1.165) is 0 Å². The van der Waals surface area contributed by atoms with Gasteiger partial charge in [-0.15, -0.1) is 0 Å². The van der Waals surface area contributed by atoms with Gasteiger partial charge in [-0.3, -0.25) is 0 Å². The zero-order valence-electron chi connectivity index (χ0n) is 9.14. The summed E-state index contributed by atoms with van der Waals surface area (Å²) >= 11 is 0. The molecule has 0 aliphatic carbocycles. The Balaban J connectivity index is 1.80. The lowest BCUT2D eigenvalue weighted by molar-refractivity contribution is 0.349. The van der Waals surface area contributed by atoms with E-state index in [1.54, 1.807) is 6.92 Å². The summed E-state index contributed by atoms with van der Waals surface area (Å²) in [6, 6.07) is 0.232. The maximum atomic E-state index is 11.2. The van der Waals surface area contributed by atoms with Gasteiger partial charge in [-0.2, -0.15) is 4.98 Å². The maximum Gasteiger partial charge on any atom is 0.240 e. The minimum absolute atomic E-state index is 0.232. The molecule has 1 N–H and O–H groups in total. The molecule has 0 radical (unpaired) electrons. The van der Waals surface area contributed by atoms with Crippen LogP contribution in [-0.2, 0) is 16.4 Å². The number of aryl methyl sites for hydroxylation is 1. The minimum Gasteiger partial charge on any atom is -0.338 e. The molecule has 1 fully saturated rings. The average Bonchev–Trinajstić information content (AvgIpc) is 2.63. The number of rotatable bonds is 3. The van der Waals surface area contributed by atoms with Crippen LogP contribution in [0, 0.1) is 6.92 Å². The molecule has 0 bridgehead atoms. The quantitative estimate of drug-likeness (QED) is 0.809. The van der Waals surface area contributed by atoms with Crippen molar-refractivity contribution in [3.05, 3.63) is 11.7 Å². The smallest absolute Gasteiger partial charge is 0.240 e. The first-order chi connectivity index (χ1) is 7.55. The molecular formula is C9H15N3O3S. The van der Waals surface area contributed by atoms with Crippen molar-refractivity contribution in [1.82, 2.24) is 15.5 Å². The molecule has 1 aromatic heterocycles. The molecule has 0 amide bonds. The highest BCUT2D eigenvalue weighted by Gasteiger charge is 2.23. The van der Waals surface area contributed by atoms with Crippen molar-refractivity contribution in [1.29, 1.82) is 0 Å². The van der Waals surface area contributed by atoms with Crippen LogP contribution in [0.1, 0.15) is 24.6 Å². The number of nitrogens with one attached hydrogen (secondary N) is 1. The fourth-order valence-electron chi connectivity index (χ4n) is 1.74. The highest BCUT2D eigenvalue weighted by Crippen LogP contribution is 2.12. The Morgan fingerprint density at radius 1 is 1.44 bits per heavy atom. The minimum atomic E-state index is -2.79. The van der Waals surface area contributed by atoms with Gasteiger partial charge in [0.15, 0.2) is 5.82 Å². The second kappa shape index (κ2) is 4.50. The average molecular weight is 245 g/mol. The number of aromatic nitrogens is 2. The third kappa shape index (κ3) is 3.02. The lowest BCUT2D eigenvalue weighted by Crippen LogP contribution is -2.37. The fraction of sp³-hybridized carbons (Fsp3) is 0.778. The molecule has 0 atom stereocenters. The molecule has 0 spiro atoms. The number of hydrogen-bond donors (Lipinski definition) is 1. The lowest BCUT2D eigenvalue weighted by Gasteiger charge is -2.22. The largest absolute Gasteiger partial charge is 0.338 e. The van der Waals surface area contributed by atoms with Crippen molar-refractivity contribution in [2.24, 2.45) is 0 Å². The molecule has 2 heterocycles. The van der Waals surface area contributed by atoms with Crippen LogP contribution in [0.25, 0.3) is 0 Å². The highest BCUT2D eigenvalue weighted by atomic mass is 32.2. The van der Waals surface area contributed by atoms with Gasteiger partial charge in [0, 0.05) is 6.04 Å². The molecular weight excluding hydrogens is 230 g/mol. The Morgan fingerprint density at radius 2 is 2.12 bits per heavy atom. The Labute approximate surface area is 94.3 Å². The van der Waals surface area contributed by atoms with E-state index in [2.05, 4.69) is 15.5 Å². The normalized spacial score (nSPS) is 21.1. The molecule has 1 aliphatic rings. The summed E-state index contributed by atoms with van der Waals surface area (Å²) in [5.41, 5.74) is 0.